The first-order valence-corrected chi connectivity index (χ1v) is 9.10. The van der Waals surface area contributed by atoms with Crippen LogP contribution in [0.1, 0.15) is 72.6 Å². The Morgan fingerprint density at radius 1 is 1.09 bits per heavy atom. The van der Waals surface area contributed by atoms with Gasteiger partial charge in [-0.1, -0.05) is 32.1 Å². The lowest BCUT2D eigenvalue weighted by atomic mass is 9.82. The summed E-state index contributed by atoms with van der Waals surface area (Å²) in [6.45, 7) is 7.97. The molecular formula is C18H31NO4. The van der Waals surface area contributed by atoms with Gasteiger partial charge in [-0.3, -0.25) is 0 Å². The third-order valence-electron chi connectivity index (χ3n) is 5.48. The van der Waals surface area contributed by atoms with E-state index in [2.05, 4.69) is 5.32 Å². The molecule has 2 aliphatic heterocycles. The van der Waals surface area contributed by atoms with Crippen LogP contribution in [-0.4, -0.2) is 35.7 Å². The molecule has 0 aromatic heterocycles. The van der Waals surface area contributed by atoms with Gasteiger partial charge < -0.3 is 19.5 Å². The predicted octanol–water partition coefficient (Wildman–Crippen LogP) is 3.75. The van der Waals surface area contributed by atoms with Gasteiger partial charge in [0.05, 0.1) is 17.7 Å². The minimum absolute atomic E-state index is 0.0657. The molecule has 2 heterocycles. The first-order valence-electron chi connectivity index (χ1n) is 9.10. The van der Waals surface area contributed by atoms with Crippen molar-refractivity contribution in [3.05, 3.63) is 0 Å². The molecule has 23 heavy (non-hydrogen) atoms. The maximum Gasteiger partial charge on any atom is 0.407 e. The van der Waals surface area contributed by atoms with Gasteiger partial charge >= 0.3 is 6.09 Å². The number of rotatable bonds is 4. The molecule has 3 rings (SSSR count). The molecule has 0 radical (unpaired) electrons. The number of cyclic esters (lactones) is 1. The van der Waals surface area contributed by atoms with E-state index >= 15 is 0 Å². The number of alkyl carbamates (subject to hydrolysis) is 1. The zero-order valence-corrected chi connectivity index (χ0v) is 14.9. The second kappa shape index (κ2) is 6.25. The molecule has 3 fully saturated rings. The summed E-state index contributed by atoms with van der Waals surface area (Å²) in [7, 11) is 0. The first kappa shape index (κ1) is 17.0. The van der Waals surface area contributed by atoms with Crippen LogP contribution in [0.15, 0.2) is 0 Å². The Morgan fingerprint density at radius 3 is 2.39 bits per heavy atom. The third kappa shape index (κ3) is 4.00. The maximum atomic E-state index is 11.8. The molecule has 0 spiro atoms. The van der Waals surface area contributed by atoms with Crippen LogP contribution in [0.25, 0.3) is 0 Å². The van der Waals surface area contributed by atoms with Crippen molar-refractivity contribution < 1.29 is 19.0 Å². The molecule has 132 valence electrons. The van der Waals surface area contributed by atoms with E-state index in [0.717, 1.165) is 6.42 Å². The second-order valence-corrected chi connectivity index (χ2v) is 8.38. The van der Waals surface area contributed by atoms with Gasteiger partial charge in [0.15, 0.2) is 5.79 Å². The van der Waals surface area contributed by atoms with Gasteiger partial charge in [0, 0.05) is 6.42 Å². The molecule has 0 bridgehead atoms. The number of amides is 1. The largest absolute Gasteiger partial charge is 0.444 e. The van der Waals surface area contributed by atoms with Crippen molar-refractivity contribution in [3.63, 3.8) is 0 Å². The molecular weight excluding hydrogens is 294 g/mol. The average molecular weight is 325 g/mol. The molecule has 0 aromatic carbocycles. The third-order valence-corrected chi connectivity index (χ3v) is 5.48. The topological polar surface area (TPSA) is 56.8 Å². The standard InChI is InChI=1S/C18H31NO4/c1-17(2)15(22-18(3,4)23-17)11-14-13(19-16(20)21-14)10-12-8-6-5-7-9-12/h12-15H,5-11H2,1-4H3,(H,19,20)/t13-,14-,15-/m0/s1. The van der Waals surface area contributed by atoms with E-state index in [1.54, 1.807) is 0 Å². The van der Waals surface area contributed by atoms with Gasteiger partial charge in [0.1, 0.15) is 6.10 Å². The van der Waals surface area contributed by atoms with Crippen molar-refractivity contribution in [2.75, 3.05) is 0 Å². The number of hydrogen-bond acceptors (Lipinski definition) is 4. The SMILES string of the molecule is CC1(C)O[C@@H](C[C@@H]2OC(=O)N[C@H]2CC2CCCCC2)C(C)(C)O1. The molecule has 2 saturated heterocycles. The highest BCUT2D eigenvalue weighted by molar-refractivity contribution is 5.70. The summed E-state index contributed by atoms with van der Waals surface area (Å²) in [6.07, 6.45) is 7.78. The highest BCUT2D eigenvalue weighted by Gasteiger charge is 2.50. The van der Waals surface area contributed by atoms with E-state index in [1.807, 2.05) is 27.7 Å². The highest BCUT2D eigenvalue weighted by Crippen LogP contribution is 2.39. The van der Waals surface area contributed by atoms with Gasteiger partial charge in [-0.2, -0.15) is 0 Å². The van der Waals surface area contributed by atoms with E-state index in [4.69, 9.17) is 14.2 Å². The molecule has 3 atom stereocenters. The number of carbonyl (C=O) groups excluding carboxylic acids is 1. The zero-order valence-electron chi connectivity index (χ0n) is 14.9. The average Bonchev–Trinajstić information content (AvgIpc) is 2.87. The monoisotopic (exact) mass is 325 g/mol. The van der Waals surface area contributed by atoms with Crippen LogP contribution in [0.4, 0.5) is 4.79 Å². The zero-order chi connectivity index (χ0) is 16.7. The van der Waals surface area contributed by atoms with Crippen LogP contribution in [-0.2, 0) is 14.2 Å². The van der Waals surface area contributed by atoms with E-state index in [1.165, 1.54) is 32.1 Å². The van der Waals surface area contributed by atoms with Crippen LogP contribution in [0.2, 0.25) is 0 Å². The highest BCUT2D eigenvalue weighted by atomic mass is 16.8. The summed E-state index contributed by atoms with van der Waals surface area (Å²) in [5, 5.41) is 3.02. The van der Waals surface area contributed by atoms with Crippen molar-refractivity contribution in [1.82, 2.24) is 5.32 Å². The van der Waals surface area contributed by atoms with Gasteiger partial charge in [-0.05, 0) is 40.0 Å². The summed E-state index contributed by atoms with van der Waals surface area (Å²) in [4.78, 5) is 11.8. The number of nitrogens with one attached hydrogen (secondary N) is 1. The summed E-state index contributed by atoms with van der Waals surface area (Å²) in [5.41, 5.74) is -0.367. The summed E-state index contributed by atoms with van der Waals surface area (Å²) >= 11 is 0. The fourth-order valence-corrected chi connectivity index (χ4v) is 4.45. The van der Waals surface area contributed by atoms with Crippen molar-refractivity contribution in [1.29, 1.82) is 0 Å². The maximum absolute atomic E-state index is 11.8. The molecule has 1 saturated carbocycles. The number of carbonyl (C=O) groups is 1. The lowest BCUT2D eigenvalue weighted by Crippen LogP contribution is -2.40. The summed E-state index contributed by atoms with van der Waals surface area (Å²) < 4.78 is 17.6. The summed E-state index contributed by atoms with van der Waals surface area (Å²) in [5.74, 6) is 0.131. The molecule has 3 aliphatic rings. The van der Waals surface area contributed by atoms with Gasteiger partial charge in [-0.15, -0.1) is 0 Å². The van der Waals surface area contributed by atoms with Crippen molar-refractivity contribution in [3.8, 4) is 0 Å². The van der Waals surface area contributed by atoms with Crippen LogP contribution in [0.5, 0.6) is 0 Å². The lowest BCUT2D eigenvalue weighted by molar-refractivity contribution is -0.158. The molecule has 0 unspecified atom stereocenters. The Morgan fingerprint density at radius 2 is 1.78 bits per heavy atom. The Balaban J connectivity index is 1.62. The quantitative estimate of drug-likeness (QED) is 0.855. The summed E-state index contributed by atoms with van der Waals surface area (Å²) in [6, 6.07) is 0.105. The van der Waals surface area contributed by atoms with Crippen molar-refractivity contribution >= 4 is 6.09 Å². The fraction of sp³-hybridized carbons (Fsp3) is 0.944. The Kier molecular flexibility index (Phi) is 4.62. The Labute approximate surface area is 139 Å². The van der Waals surface area contributed by atoms with Crippen molar-refractivity contribution in [2.24, 2.45) is 5.92 Å². The van der Waals surface area contributed by atoms with Crippen LogP contribution < -0.4 is 5.32 Å². The van der Waals surface area contributed by atoms with E-state index < -0.39 is 5.79 Å². The minimum atomic E-state index is -0.580. The second-order valence-electron chi connectivity index (χ2n) is 8.38. The van der Waals surface area contributed by atoms with E-state index in [9.17, 15) is 4.79 Å². The predicted molar refractivity (Wildman–Crippen MR) is 87.1 cm³/mol. The van der Waals surface area contributed by atoms with Gasteiger partial charge in [0.25, 0.3) is 0 Å². The molecule has 1 N–H and O–H groups in total. The number of hydrogen-bond donors (Lipinski definition) is 1. The minimum Gasteiger partial charge on any atom is -0.444 e. The number of ether oxygens (including phenoxy) is 3. The van der Waals surface area contributed by atoms with Crippen LogP contribution in [0.3, 0.4) is 0 Å². The molecule has 1 amide bonds. The van der Waals surface area contributed by atoms with E-state index in [0.29, 0.717) is 12.3 Å². The molecule has 1 aliphatic carbocycles. The normalized spacial score (nSPS) is 36.7. The molecule has 5 nitrogen and oxygen atoms in total. The lowest BCUT2D eigenvalue weighted by Gasteiger charge is -2.29. The Bertz CT molecular complexity index is 442. The van der Waals surface area contributed by atoms with E-state index in [-0.39, 0.29) is 29.9 Å². The van der Waals surface area contributed by atoms with Crippen LogP contribution in [0, 0.1) is 5.92 Å². The molecule has 5 heteroatoms. The first-order chi connectivity index (χ1) is 10.8. The molecule has 0 aromatic rings. The fourth-order valence-electron chi connectivity index (χ4n) is 4.45. The van der Waals surface area contributed by atoms with Gasteiger partial charge in [0.2, 0.25) is 0 Å². The smallest absolute Gasteiger partial charge is 0.407 e. The van der Waals surface area contributed by atoms with Crippen LogP contribution >= 0.6 is 0 Å². The van der Waals surface area contributed by atoms with Crippen molar-refractivity contribution in [2.45, 2.75) is 102 Å². The van der Waals surface area contributed by atoms with Gasteiger partial charge in [-0.25, -0.2) is 4.79 Å². The Hall–Kier alpha value is -0.810.